The summed E-state index contributed by atoms with van der Waals surface area (Å²) in [4.78, 5) is 77.8. The van der Waals surface area contributed by atoms with Crippen molar-refractivity contribution in [2.75, 3.05) is 113 Å². The molecule has 1 saturated heterocycles. The number of aliphatic imine (C=N–C) groups is 1. The number of nitrogens with one attached hydrogen (secondary N) is 2. The number of rotatable bonds is 29. The maximum atomic E-state index is 14.3. The lowest BCUT2D eigenvalue weighted by molar-refractivity contribution is -0.138. The fraction of sp³-hybridized carbons (Fsp3) is 0.429. The van der Waals surface area contributed by atoms with Crippen molar-refractivity contribution >= 4 is 98.4 Å². The van der Waals surface area contributed by atoms with Crippen molar-refractivity contribution in [1.29, 1.82) is 0 Å². The Balaban J connectivity index is 0.885. The molecular formula is C63H73N7O12S3. The van der Waals surface area contributed by atoms with Gasteiger partial charge in [0.25, 0.3) is 11.8 Å². The second-order valence-electron chi connectivity index (χ2n) is 21.9. The molecule has 5 aromatic carbocycles. The van der Waals surface area contributed by atoms with Gasteiger partial charge in [0.1, 0.15) is 13.2 Å². The van der Waals surface area contributed by atoms with Crippen LogP contribution in [-0.2, 0) is 54.6 Å². The lowest BCUT2D eigenvalue weighted by Gasteiger charge is -2.34. The van der Waals surface area contributed by atoms with Crippen LogP contribution < -0.4 is 44.3 Å². The molecule has 1 fully saturated rings. The number of carbonyl (C=O) groups excluding carboxylic acids is 5. The number of hydrogen-bond donors (Lipinski definition) is 3. The van der Waals surface area contributed by atoms with Crippen LogP contribution in [0.4, 0.5) is 28.4 Å². The van der Waals surface area contributed by atoms with Gasteiger partial charge in [-0.1, -0.05) is 58.0 Å². The summed E-state index contributed by atoms with van der Waals surface area (Å²) in [5, 5.41) is 5.76. The van der Waals surface area contributed by atoms with Gasteiger partial charge in [0.15, 0.2) is 23.0 Å². The third-order valence-corrected chi connectivity index (χ3v) is 19.1. The van der Waals surface area contributed by atoms with Gasteiger partial charge in [-0.2, -0.15) is 12.6 Å². The van der Waals surface area contributed by atoms with E-state index in [1.807, 2.05) is 65.7 Å². The molecule has 5 heterocycles. The molecule has 22 heteroatoms. The molecule has 0 radical (unpaired) electrons. The Morgan fingerprint density at radius 2 is 1.41 bits per heavy atom. The number of methoxy groups -OCH3 is 3. The van der Waals surface area contributed by atoms with Crippen molar-refractivity contribution < 1.29 is 57.1 Å². The molecule has 5 amide bonds. The predicted octanol–water partition coefficient (Wildman–Crippen LogP) is 8.75. The SMILES string of the molecule is COCCOCCOCCN(CC(C)(C)SSCCCC(=O)NCCN1C(=O)CC(S)C1=O)c1cc(COc2cc3c(cc2OC)C(=O)N2c4ccccc4C[C@H]2C=N3)cc(COc2cc3c(cc2OC)C(=O)N2c4ccccc4C[C@H]2CN3)c1. The van der Waals surface area contributed by atoms with Gasteiger partial charge >= 0.3 is 0 Å². The monoisotopic (exact) mass is 1220 g/mol. The van der Waals surface area contributed by atoms with Crippen LogP contribution >= 0.6 is 34.2 Å². The molecule has 1 unspecified atom stereocenters. The van der Waals surface area contributed by atoms with E-state index in [0.717, 1.165) is 50.6 Å². The fourth-order valence-corrected chi connectivity index (χ4v) is 14.1. The molecule has 19 nitrogen and oxygen atoms in total. The third-order valence-electron chi connectivity index (χ3n) is 15.3. The van der Waals surface area contributed by atoms with Crippen LogP contribution in [0.2, 0.25) is 0 Å². The van der Waals surface area contributed by atoms with Crippen LogP contribution in [0, 0.1) is 0 Å². The number of anilines is 4. The molecule has 10 rings (SSSR count). The number of ether oxygens (including phenoxy) is 7. The minimum absolute atomic E-state index is 0.0429. The number of para-hydroxylation sites is 2. The molecule has 0 spiro atoms. The average Bonchev–Trinajstić information content (AvgIpc) is 1.95. The quantitative estimate of drug-likeness (QED) is 0.0178. The smallest absolute Gasteiger partial charge is 0.261 e. The topological polar surface area (TPSA) is 199 Å². The second kappa shape index (κ2) is 28.0. The van der Waals surface area contributed by atoms with E-state index in [-0.39, 0.29) is 79.1 Å². The normalized spacial score (nSPS) is 17.5. The van der Waals surface area contributed by atoms with Crippen molar-refractivity contribution in [2.45, 2.75) is 81.2 Å². The number of likely N-dealkylation sites (tertiary alicyclic amines) is 1. The Morgan fingerprint density at radius 3 is 2.11 bits per heavy atom. The summed E-state index contributed by atoms with van der Waals surface area (Å²) >= 11 is 4.18. The summed E-state index contributed by atoms with van der Waals surface area (Å²) in [7, 11) is 8.19. The number of fused-ring (bicyclic) bond motifs is 8. The first-order valence-electron chi connectivity index (χ1n) is 28.6. The maximum absolute atomic E-state index is 14.3. The summed E-state index contributed by atoms with van der Waals surface area (Å²) in [5.41, 5.74) is 8.65. The van der Waals surface area contributed by atoms with Gasteiger partial charge in [0.2, 0.25) is 17.7 Å². The second-order valence-corrected chi connectivity index (χ2v) is 25.7. The summed E-state index contributed by atoms with van der Waals surface area (Å²) in [6.07, 6.45) is 4.28. The lowest BCUT2D eigenvalue weighted by atomic mass is 10.1. The van der Waals surface area contributed by atoms with E-state index in [0.29, 0.717) is 123 Å². The van der Waals surface area contributed by atoms with Gasteiger partial charge in [-0.25, -0.2) is 0 Å². The van der Waals surface area contributed by atoms with Gasteiger partial charge in [-0.3, -0.25) is 38.8 Å². The van der Waals surface area contributed by atoms with E-state index in [1.54, 1.807) is 66.0 Å². The number of carbonyl (C=O) groups is 5. The molecule has 5 aliphatic heterocycles. The third kappa shape index (κ3) is 14.5. The zero-order valence-corrected chi connectivity index (χ0v) is 51.1. The van der Waals surface area contributed by atoms with Crippen LogP contribution in [-0.4, -0.2) is 156 Å². The number of amides is 5. The maximum Gasteiger partial charge on any atom is 0.261 e. The van der Waals surface area contributed by atoms with Crippen molar-refractivity contribution in [2.24, 2.45) is 4.99 Å². The van der Waals surface area contributed by atoms with Gasteiger partial charge in [0, 0.05) is 105 Å². The van der Waals surface area contributed by atoms with Crippen LogP contribution in [0.1, 0.15) is 76.1 Å². The predicted molar refractivity (Wildman–Crippen MR) is 335 cm³/mol. The molecule has 0 aliphatic carbocycles. The highest BCUT2D eigenvalue weighted by molar-refractivity contribution is 8.77. The van der Waals surface area contributed by atoms with Crippen LogP contribution in [0.25, 0.3) is 0 Å². The first kappa shape index (κ1) is 61.1. The highest BCUT2D eigenvalue weighted by Gasteiger charge is 2.40. The fourth-order valence-electron chi connectivity index (χ4n) is 11.2. The number of nitrogens with zero attached hydrogens (tertiary/aromatic N) is 5. The molecule has 0 saturated carbocycles. The summed E-state index contributed by atoms with van der Waals surface area (Å²) in [5.74, 6) is 1.41. The van der Waals surface area contributed by atoms with E-state index in [4.69, 9.17) is 38.2 Å². The van der Waals surface area contributed by atoms with Gasteiger partial charge < -0.3 is 53.6 Å². The molecular weight excluding hydrogens is 1140 g/mol. The molecule has 2 N–H and O–H groups in total. The largest absolute Gasteiger partial charge is 0.493 e. The van der Waals surface area contributed by atoms with E-state index in [1.165, 1.54) is 0 Å². The Morgan fingerprint density at radius 1 is 0.765 bits per heavy atom. The van der Waals surface area contributed by atoms with E-state index in [2.05, 4.69) is 60.2 Å². The number of imide groups is 1. The Labute approximate surface area is 509 Å². The van der Waals surface area contributed by atoms with Crippen molar-refractivity contribution in [3.63, 3.8) is 0 Å². The number of thiol groups is 1. The summed E-state index contributed by atoms with van der Waals surface area (Å²) in [6.45, 7) is 8.80. The molecule has 5 aromatic rings. The number of benzene rings is 5. The van der Waals surface area contributed by atoms with Crippen molar-refractivity contribution in [3.05, 3.63) is 124 Å². The summed E-state index contributed by atoms with van der Waals surface area (Å²) < 4.78 is 41.9. The average molecular weight is 1220 g/mol. The first-order chi connectivity index (χ1) is 41.2. The molecule has 0 aromatic heterocycles. The minimum atomic E-state index is -0.624. The Bertz CT molecular complexity index is 3310. The Kier molecular flexibility index (Phi) is 20.2. The van der Waals surface area contributed by atoms with Gasteiger partial charge in [0.05, 0.1) is 87.1 Å². The molecule has 85 heavy (non-hydrogen) atoms. The summed E-state index contributed by atoms with van der Waals surface area (Å²) in [6, 6.07) is 29.0. The van der Waals surface area contributed by atoms with Crippen LogP contribution in [0.3, 0.4) is 0 Å². The molecule has 3 atom stereocenters. The molecule has 5 aliphatic rings. The molecule has 450 valence electrons. The van der Waals surface area contributed by atoms with Crippen LogP contribution in [0.5, 0.6) is 23.0 Å². The number of hydrogen-bond acceptors (Lipinski definition) is 18. The van der Waals surface area contributed by atoms with E-state index >= 15 is 0 Å². The van der Waals surface area contributed by atoms with Gasteiger partial charge in [-0.05, 0) is 91.4 Å². The lowest BCUT2D eigenvalue weighted by Crippen LogP contribution is -2.39. The Hall–Kier alpha value is -6.95. The zero-order valence-electron chi connectivity index (χ0n) is 48.6. The van der Waals surface area contributed by atoms with Crippen molar-refractivity contribution in [3.8, 4) is 23.0 Å². The van der Waals surface area contributed by atoms with Gasteiger partial charge in [-0.15, -0.1) is 0 Å². The van der Waals surface area contributed by atoms with E-state index in [9.17, 15) is 24.0 Å². The van der Waals surface area contributed by atoms with E-state index < -0.39 is 5.25 Å². The van der Waals surface area contributed by atoms with Crippen molar-refractivity contribution in [1.82, 2.24) is 10.2 Å². The highest BCUT2D eigenvalue weighted by atomic mass is 33.1. The highest BCUT2D eigenvalue weighted by Crippen LogP contribution is 2.44. The minimum Gasteiger partial charge on any atom is -0.493 e. The van der Waals surface area contributed by atoms with Crippen LogP contribution in [0.15, 0.2) is 96.0 Å². The standard InChI is InChI=1S/C63H73N7O12S3/c1-63(2,85-84-24-10-15-58(71)64-16-17-68-59(72)34-57(83)62(68)75)39-67(18-19-79-22-23-80-21-20-76-3)44-26-40(37-81-55-32-49-47(30-53(55)77-4)60(73)69-45(35-65-49)28-42-11-6-8-13-51(42)69)25-41(27-44)38-82-56-33-50-48(31-54(56)78-5)61(74)70-46(36-66-50)29-43-12-7-9-14-52(43)70/h6-9,11-14,25-27,30-33,35,45-46,57,66,83H,10,15-24,28-29,34,36-39H2,1-5H3,(H,64,71)/t45-,46-,57?/m0/s1. The first-order valence-corrected chi connectivity index (χ1v) is 31.5. The molecule has 0 bridgehead atoms. The zero-order chi connectivity index (χ0) is 59.6.